The average molecular weight is 470 g/mol. The molecule has 0 saturated carbocycles. The van der Waals surface area contributed by atoms with E-state index in [-0.39, 0.29) is 30.9 Å². The Hall–Kier alpha value is -1.67. The summed E-state index contributed by atoms with van der Waals surface area (Å²) >= 11 is 0. The van der Waals surface area contributed by atoms with Crippen LogP contribution in [0.5, 0.6) is 0 Å². The van der Waals surface area contributed by atoms with E-state index in [2.05, 4.69) is 34.2 Å². The minimum absolute atomic E-state index is 0. The van der Waals surface area contributed by atoms with Crippen molar-refractivity contribution in [3.8, 4) is 11.4 Å². The molecule has 2 saturated heterocycles. The van der Waals surface area contributed by atoms with Gasteiger partial charge in [0.1, 0.15) is 0 Å². The highest BCUT2D eigenvalue weighted by Crippen LogP contribution is 2.24. The van der Waals surface area contributed by atoms with Crippen LogP contribution in [0.4, 0.5) is 0 Å². The first-order chi connectivity index (χ1) is 14.1. The van der Waals surface area contributed by atoms with Crippen LogP contribution in [0.2, 0.25) is 0 Å². The first-order valence-corrected chi connectivity index (χ1v) is 10.7. The number of hydrogen-bond acceptors (Lipinski definition) is 6. The van der Waals surface area contributed by atoms with E-state index in [1.165, 1.54) is 12.0 Å². The maximum absolute atomic E-state index is 12.5. The zero-order chi connectivity index (χ0) is 20.2. The number of hydrogen-bond donors (Lipinski definition) is 1. The highest BCUT2D eigenvalue weighted by atomic mass is 35.5. The summed E-state index contributed by atoms with van der Waals surface area (Å²) in [7, 11) is 0. The van der Waals surface area contributed by atoms with Gasteiger partial charge in [-0.25, -0.2) is 0 Å². The molecule has 2 aromatic rings. The Labute approximate surface area is 196 Å². The summed E-state index contributed by atoms with van der Waals surface area (Å²) in [5.74, 6) is 2.22. The molecule has 4 rings (SSSR count). The van der Waals surface area contributed by atoms with Crippen molar-refractivity contribution in [1.29, 1.82) is 0 Å². The van der Waals surface area contributed by atoms with E-state index in [1.54, 1.807) is 0 Å². The quantitative estimate of drug-likeness (QED) is 0.697. The monoisotopic (exact) mass is 469 g/mol. The zero-order valence-electron chi connectivity index (χ0n) is 18.2. The maximum Gasteiger partial charge on any atom is 0.244 e. The Bertz CT molecular complexity index is 816. The summed E-state index contributed by atoms with van der Waals surface area (Å²) in [4.78, 5) is 21.5. The van der Waals surface area contributed by atoms with Gasteiger partial charge < -0.3 is 14.7 Å². The number of amides is 1. The molecule has 0 aliphatic carbocycles. The van der Waals surface area contributed by atoms with Crippen LogP contribution in [0.15, 0.2) is 28.8 Å². The lowest BCUT2D eigenvalue weighted by Crippen LogP contribution is -2.49. The van der Waals surface area contributed by atoms with E-state index in [4.69, 9.17) is 4.52 Å². The molecule has 1 amide bonds. The van der Waals surface area contributed by atoms with Gasteiger partial charge in [0.25, 0.3) is 0 Å². The zero-order valence-corrected chi connectivity index (χ0v) is 19.9. The van der Waals surface area contributed by atoms with E-state index >= 15 is 0 Å². The van der Waals surface area contributed by atoms with Crippen molar-refractivity contribution in [3.05, 3.63) is 35.7 Å². The predicted octanol–water partition coefficient (Wildman–Crippen LogP) is 3.48. The van der Waals surface area contributed by atoms with Gasteiger partial charge in [0.15, 0.2) is 0 Å². The first-order valence-electron chi connectivity index (χ1n) is 10.7. The number of carbonyl (C=O) groups is 1. The Morgan fingerprint density at radius 2 is 1.90 bits per heavy atom. The second-order valence-electron chi connectivity index (χ2n) is 8.31. The number of benzene rings is 1. The fourth-order valence-electron chi connectivity index (χ4n) is 4.19. The van der Waals surface area contributed by atoms with Gasteiger partial charge in [0.2, 0.25) is 17.6 Å². The topological polar surface area (TPSA) is 74.5 Å². The third kappa shape index (κ3) is 6.42. The first kappa shape index (κ1) is 25.6. The number of aryl methyl sites for hydroxylation is 1. The molecule has 2 fully saturated rings. The minimum atomic E-state index is 0. The molecule has 2 aliphatic heterocycles. The molecule has 7 nitrogen and oxygen atoms in total. The number of halogens is 2. The highest BCUT2D eigenvalue weighted by Gasteiger charge is 2.28. The van der Waals surface area contributed by atoms with Gasteiger partial charge in [0.05, 0.1) is 6.04 Å². The van der Waals surface area contributed by atoms with Crippen molar-refractivity contribution in [1.82, 2.24) is 25.3 Å². The predicted molar refractivity (Wildman–Crippen MR) is 126 cm³/mol. The molecule has 9 heteroatoms. The second-order valence-corrected chi connectivity index (χ2v) is 8.31. The van der Waals surface area contributed by atoms with Gasteiger partial charge in [-0.1, -0.05) is 35.0 Å². The summed E-state index contributed by atoms with van der Waals surface area (Å²) in [5, 5.41) is 7.53. The number of carbonyl (C=O) groups excluding carboxylic acids is 1. The number of aromatic nitrogens is 2. The summed E-state index contributed by atoms with van der Waals surface area (Å²) < 4.78 is 5.54. The fraction of sp³-hybridized carbons (Fsp3) is 0.591. The van der Waals surface area contributed by atoms with Gasteiger partial charge in [-0.15, -0.1) is 24.8 Å². The third-order valence-electron chi connectivity index (χ3n) is 6.25. The molecule has 0 bridgehead atoms. The molecule has 31 heavy (non-hydrogen) atoms. The van der Waals surface area contributed by atoms with Crippen molar-refractivity contribution < 1.29 is 9.32 Å². The number of nitrogens with one attached hydrogen (secondary N) is 1. The second kappa shape index (κ2) is 11.8. The van der Waals surface area contributed by atoms with Crippen LogP contribution >= 0.6 is 24.8 Å². The van der Waals surface area contributed by atoms with E-state index in [1.807, 2.05) is 29.2 Å². The molecule has 2 unspecified atom stereocenters. The summed E-state index contributed by atoms with van der Waals surface area (Å²) in [5.41, 5.74) is 2.17. The molecule has 2 atom stereocenters. The van der Waals surface area contributed by atoms with E-state index < -0.39 is 0 Å². The Morgan fingerprint density at radius 3 is 2.55 bits per heavy atom. The molecule has 1 aromatic heterocycles. The van der Waals surface area contributed by atoms with Crippen molar-refractivity contribution in [3.63, 3.8) is 0 Å². The van der Waals surface area contributed by atoms with Crippen LogP contribution in [0.1, 0.15) is 43.7 Å². The molecule has 172 valence electrons. The van der Waals surface area contributed by atoms with E-state index in [9.17, 15) is 4.79 Å². The van der Waals surface area contributed by atoms with E-state index in [0.29, 0.717) is 30.0 Å². The molecule has 1 N–H and O–H groups in total. The van der Waals surface area contributed by atoms with Gasteiger partial charge in [0, 0.05) is 38.2 Å². The van der Waals surface area contributed by atoms with Crippen LogP contribution < -0.4 is 5.32 Å². The molecule has 0 radical (unpaired) electrons. The Morgan fingerprint density at radius 1 is 1.19 bits per heavy atom. The van der Waals surface area contributed by atoms with Crippen molar-refractivity contribution >= 4 is 30.7 Å². The number of rotatable bonds is 6. The molecule has 0 spiro atoms. The van der Waals surface area contributed by atoms with Gasteiger partial charge in [-0.05, 0) is 45.7 Å². The lowest BCUT2D eigenvalue weighted by Gasteiger charge is -2.37. The molecule has 3 heterocycles. The van der Waals surface area contributed by atoms with Gasteiger partial charge in [-0.2, -0.15) is 4.98 Å². The van der Waals surface area contributed by atoms with Crippen LogP contribution in [-0.4, -0.2) is 65.1 Å². The van der Waals surface area contributed by atoms with E-state index in [0.717, 1.165) is 51.3 Å². The SMILES string of the molecule is Cc1ccc(-c2noc(C(C)N3CCN(C(=O)CCC4CCNC4)CC3)n2)cc1.Cl.Cl. The summed E-state index contributed by atoms with van der Waals surface area (Å²) in [6.07, 6.45) is 2.88. The number of nitrogens with zero attached hydrogens (tertiary/aromatic N) is 4. The fourth-order valence-corrected chi connectivity index (χ4v) is 4.19. The average Bonchev–Trinajstić information content (AvgIpc) is 3.44. The molecular formula is C22H33Cl2N5O2. The minimum Gasteiger partial charge on any atom is -0.340 e. The highest BCUT2D eigenvalue weighted by molar-refractivity contribution is 5.85. The van der Waals surface area contributed by atoms with Crippen molar-refractivity contribution in [2.45, 2.75) is 39.2 Å². The van der Waals surface area contributed by atoms with Gasteiger partial charge in [-0.3, -0.25) is 9.69 Å². The smallest absolute Gasteiger partial charge is 0.244 e. The summed E-state index contributed by atoms with van der Waals surface area (Å²) in [6.45, 7) is 9.52. The standard InChI is InChI=1S/C22H31N5O2.2ClH/c1-16-3-6-19(7-4-16)21-24-22(29-25-21)17(2)26-11-13-27(14-12-26)20(28)8-5-18-9-10-23-15-18;;/h3-4,6-7,17-18,23H,5,8-15H2,1-2H3;2*1H. The number of piperazine rings is 1. The molecule has 2 aliphatic rings. The Balaban J connectivity index is 0.00000171. The Kier molecular flexibility index (Phi) is 9.75. The largest absolute Gasteiger partial charge is 0.340 e. The van der Waals surface area contributed by atoms with Crippen LogP contribution in [-0.2, 0) is 4.79 Å². The summed E-state index contributed by atoms with van der Waals surface area (Å²) in [6, 6.07) is 8.17. The normalized spacial score (nSPS) is 20.1. The third-order valence-corrected chi connectivity index (χ3v) is 6.25. The maximum atomic E-state index is 12.5. The van der Waals surface area contributed by atoms with Crippen molar-refractivity contribution in [2.75, 3.05) is 39.3 Å². The lowest BCUT2D eigenvalue weighted by atomic mass is 10.0. The molecule has 1 aromatic carbocycles. The molecular weight excluding hydrogens is 437 g/mol. The van der Waals surface area contributed by atoms with Gasteiger partial charge >= 0.3 is 0 Å². The lowest BCUT2D eigenvalue weighted by molar-refractivity contribution is -0.133. The van der Waals surface area contributed by atoms with Crippen LogP contribution in [0.3, 0.4) is 0 Å². The van der Waals surface area contributed by atoms with Crippen molar-refractivity contribution in [2.24, 2.45) is 5.92 Å². The van der Waals surface area contributed by atoms with Crippen LogP contribution in [0.25, 0.3) is 11.4 Å². The van der Waals surface area contributed by atoms with Crippen LogP contribution in [0, 0.1) is 12.8 Å².